The van der Waals surface area contributed by atoms with Crippen molar-refractivity contribution in [2.75, 3.05) is 6.61 Å². The first-order valence-corrected chi connectivity index (χ1v) is 3.21. The summed E-state index contributed by atoms with van der Waals surface area (Å²) in [6, 6.07) is 0. The first-order chi connectivity index (χ1) is 4.19. The average Bonchev–Trinajstić information content (AvgIpc) is 2.50. The van der Waals surface area contributed by atoms with Crippen LogP contribution in [0.1, 0.15) is 19.8 Å². The first kappa shape index (κ1) is 6.46. The Hall–Kier alpha value is -0.660. The van der Waals surface area contributed by atoms with E-state index in [0.29, 0.717) is 6.61 Å². The summed E-state index contributed by atoms with van der Waals surface area (Å²) in [6.45, 7) is 6.00. The van der Waals surface area contributed by atoms with Crippen molar-refractivity contribution >= 4 is 5.97 Å². The van der Waals surface area contributed by atoms with Gasteiger partial charge in [0, 0.05) is 12.8 Å². The van der Waals surface area contributed by atoms with Gasteiger partial charge in [-0.25, -0.2) is 4.79 Å². The second-order valence-electron chi connectivity index (χ2n) is 2.50. The van der Waals surface area contributed by atoms with E-state index >= 15 is 0 Å². The van der Waals surface area contributed by atoms with Gasteiger partial charge in [-0.05, 0) is 6.92 Å². The maximum Gasteiger partial charge on any atom is 0.357 e. The molecule has 1 aliphatic rings. The molecule has 0 aromatic rings. The van der Waals surface area contributed by atoms with Crippen molar-refractivity contribution in [3.05, 3.63) is 6.92 Å². The van der Waals surface area contributed by atoms with E-state index in [1.165, 1.54) is 0 Å². The quantitative estimate of drug-likeness (QED) is 0.411. The molecule has 1 aliphatic carbocycles. The second kappa shape index (κ2) is 1.94. The van der Waals surface area contributed by atoms with Gasteiger partial charge in [0.1, 0.15) is 0 Å². The molecule has 9 heavy (non-hydrogen) atoms. The Morgan fingerprint density at radius 3 is 2.67 bits per heavy atom. The van der Waals surface area contributed by atoms with Crippen molar-refractivity contribution < 1.29 is 9.53 Å². The Labute approximate surface area is 55.2 Å². The van der Waals surface area contributed by atoms with Gasteiger partial charge in [0.2, 0.25) is 5.41 Å². The summed E-state index contributed by atoms with van der Waals surface area (Å²) >= 11 is 0. The predicted molar refractivity (Wildman–Crippen MR) is 33.7 cm³/mol. The summed E-state index contributed by atoms with van der Waals surface area (Å²) < 4.78 is 4.77. The second-order valence-corrected chi connectivity index (χ2v) is 2.50. The van der Waals surface area contributed by atoms with Gasteiger partial charge in [-0.2, -0.15) is 0 Å². The number of esters is 1. The van der Waals surface area contributed by atoms with Crippen LogP contribution in [0, 0.1) is 12.3 Å². The normalized spacial score (nSPS) is 21.0. The number of carbonyl (C=O) groups excluding carboxylic acids is 1. The van der Waals surface area contributed by atoms with Crippen molar-refractivity contribution in [3.63, 3.8) is 0 Å². The SMILES string of the molecule is [CH2+]C1(C(=O)OCC)CC1. The molecular weight excluding hydrogens is 116 g/mol. The highest BCUT2D eigenvalue weighted by molar-refractivity contribution is 5.80. The Balaban J connectivity index is 2.34. The summed E-state index contributed by atoms with van der Waals surface area (Å²) in [6.07, 6.45) is 1.79. The number of rotatable bonds is 2. The fraction of sp³-hybridized carbons (Fsp3) is 0.714. The largest absolute Gasteiger partial charge is 0.462 e. The molecule has 2 heteroatoms. The van der Waals surface area contributed by atoms with Gasteiger partial charge in [-0.1, -0.05) is 0 Å². The lowest BCUT2D eigenvalue weighted by Crippen LogP contribution is -2.15. The fourth-order valence-corrected chi connectivity index (χ4v) is 0.639. The molecule has 2 nitrogen and oxygen atoms in total. The van der Waals surface area contributed by atoms with Crippen molar-refractivity contribution in [2.24, 2.45) is 5.41 Å². The summed E-state index contributed by atoms with van der Waals surface area (Å²) in [7, 11) is 0. The molecule has 1 fully saturated rings. The lowest BCUT2D eigenvalue weighted by molar-refractivity contribution is -0.147. The summed E-state index contributed by atoms with van der Waals surface area (Å²) in [5, 5.41) is 0. The monoisotopic (exact) mass is 127 g/mol. The van der Waals surface area contributed by atoms with E-state index in [9.17, 15) is 4.79 Å². The molecule has 0 spiro atoms. The molecule has 0 N–H and O–H groups in total. The van der Waals surface area contributed by atoms with E-state index in [4.69, 9.17) is 4.74 Å². The zero-order chi connectivity index (χ0) is 6.91. The molecule has 0 aromatic heterocycles. The molecule has 0 atom stereocenters. The molecule has 0 bridgehead atoms. The molecular formula is C7H11O2+. The Kier molecular flexibility index (Phi) is 1.39. The number of hydrogen-bond acceptors (Lipinski definition) is 2. The van der Waals surface area contributed by atoms with Crippen molar-refractivity contribution in [1.82, 2.24) is 0 Å². The van der Waals surface area contributed by atoms with E-state index in [1.807, 2.05) is 6.92 Å². The van der Waals surface area contributed by atoms with Crippen molar-refractivity contribution in [1.29, 1.82) is 0 Å². The molecule has 0 saturated heterocycles. The average molecular weight is 127 g/mol. The highest BCUT2D eigenvalue weighted by Crippen LogP contribution is 2.45. The maximum absolute atomic E-state index is 10.8. The Bertz CT molecular complexity index is 125. The molecule has 0 radical (unpaired) electrons. The van der Waals surface area contributed by atoms with Crippen LogP contribution < -0.4 is 0 Å². The lowest BCUT2D eigenvalue weighted by atomic mass is 10.1. The van der Waals surface area contributed by atoms with Crippen LogP contribution in [-0.4, -0.2) is 12.6 Å². The molecule has 0 unspecified atom stereocenters. The number of ether oxygens (including phenoxy) is 1. The molecule has 0 heterocycles. The third kappa shape index (κ3) is 1.18. The van der Waals surface area contributed by atoms with Gasteiger partial charge in [-0.15, -0.1) is 0 Å². The zero-order valence-electron chi connectivity index (χ0n) is 5.64. The van der Waals surface area contributed by atoms with E-state index in [2.05, 4.69) is 6.92 Å². The summed E-state index contributed by atoms with van der Waals surface area (Å²) in [4.78, 5) is 10.8. The lowest BCUT2D eigenvalue weighted by Gasteiger charge is -1.99. The van der Waals surface area contributed by atoms with Gasteiger partial charge in [-0.3, -0.25) is 0 Å². The van der Waals surface area contributed by atoms with Gasteiger partial charge in [0.05, 0.1) is 13.5 Å². The Morgan fingerprint density at radius 2 is 2.33 bits per heavy atom. The van der Waals surface area contributed by atoms with Crippen molar-refractivity contribution in [3.8, 4) is 0 Å². The van der Waals surface area contributed by atoms with Crippen LogP contribution in [0.4, 0.5) is 0 Å². The van der Waals surface area contributed by atoms with Crippen LogP contribution >= 0.6 is 0 Å². The standard InChI is InChI=1S/C7H11O2/c1-3-9-6(8)7(2)4-5-7/h2-5H2,1H3/q+1. The van der Waals surface area contributed by atoms with E-state index < -0.39 is 0 Å². The van der Waals surface area contributed by atoms with Crippen LogP contribution in [-0.2, 0) is 9.53 Å². The Morgan fingerprint density at radius 1 is 1.78 bits per heavy atom. The first-order valence-electron chi connectivity index (χ1n) is 3.21. The molecule has 0 aromatic carbocycles. The van der Waals surface area contributed by atoms with E-state index in [-0.39, 0.29) is 11.4 Å². The van der Waals surface area contributed by atoms with Crippen LogP contribution in [0.25, 0.3) is 0 Å². The summed E-state index contributed by atoms with van der Waals surface area (Å²) in [5.74, 6) is -0.134. The van der Waals surface area contributed by atoms with Gasteiger partial charge >= 0.3 is 5.97 Å². The minimum absolute atomic E-state index is 0.134. The molecule has 1 rings (SSSR count). The van der Waals surface area contributed by atoms with Crippen LogP contribution in [0.3, 0.4) is 0 Å². The topological polar surface area (TPSA) is 26.3 Å². The van der Waals surface area contributed by atoms with Gasteiger partial charge in [0.15, 0.2) is 0 Å². The molecule has 1 saturated carbocycles. The molecule has 0 amide bonds. The third-order valence-corrected chi connectivity index (χ3v) is 1.56. The van der Waals surface area contributed by atoms with Gasteiger partial charge in [0.25, 0.3) is 0 Å². The number of carbonyl (C=O) groups is 1. The number of hydrogen-bond donors (Lipinski definition) is 0. The highest BCUT2D eigenvalue weighted by atomic mass is 16.5. The van der Waals surface area contributed by atoms with E-state index in [1.54, 1.807) is 0 Å². The van der Waals surface area contributed by atoms with E-state index in [0.717, 1.165) is 12.8 Å². The predicted octanol–water partition coefficient (Wildman–Crippen LogP) is 1.16. The fourth-order valence-electron chi connectivity index (χ4n) is 0.639. The molecule has 50 valence electrons. The third-order valence-electron chi connectivity index (χ3n) is 1.56. The van der Waals surface area contributed by atoms with Gasteiger partial charge < -0.3 is 4.74 Å². The van der Waals surface area contributed by atoms with Crippen LogP contribution in [0.15, 0.2) is 0 Å². The molecule has 0 aliphatic heterocycles. The van der Waals surface area contributed by atoms with Crippen LogP contribution in [0.5, 0.6) is 0 Å². The minimum Gasteiger partial charge on any atom is -0.462 e. The maximum atomic E-state index is 10.8. The minimum atomic E-state index is -0.351. The van der Waals surface area contributed by atoms with Crippen LogP contribution in [0.2, 0.25) is 0 Å². The van der Waals surface area contributed by atoms with Crippen molar-refractivity contribution in [2.45, 2.75) is 19.8 Å². The highest BCUT2D eigenvalue weighted by Gasteiger charge is 2.54. The zero-order valence-corrected chi connectivity index (χ0v) is 5.64. The smallest absolute Gasteiger partial charge is 0.357 e. The summed E-state index contributed by atoms with van der Waals surface area (Å²) in [5.41, 5.74) is -0.351.